The number of hydrogen-bond acceptors (Lipinski definition) is 5. The minimum absolute atomic E-state index is 0.0158. The highest BCUT2D eigenvalue weighted by Crippen LogP contribution is 2.23. The Bertz CT molecular complexity index is 472. The Morgan fingerprint density at radius 1 is 1.30 bits per heavy atom. The fourth-order valence-corrected chi connectivity index (χ4v) is 2.39. The van der Waals surface area contributed by atoms with Crippen molar-refractivity contribution in [1.29, 1.82) is 0 Å². The number of aliphatic carboxylic acids is 1. The summed E-state index contributed by atoms with van der Waals surface area (Å²) in [5, 5.41) is 12.0. The fraction of sp³-hybridized carbons (Fsp3) is 0.800. The van der Waals surface area contributed by atoms with Crippen molar-refractivity contribution in [1.82, 2.24) is 15.1 Å². The Labute approximate surface area is 136 Å². The number of ether oxygens (including phenoxy) is 1. The number of carboxylic acids is 1. The summed E-state index contributed by atoms with van der Waals surface area (Å²) in [5.41, 5.74) is -2.07. The van der Waals surface area contributed by atoms with Gasteiger partial charge in [0.2, 0.25) is 5.91 Å². The van der Waals surface area contributed by atoms with Crippen LogP contribution in [0.3, 0.4) is 0 Å². The van der Waals surface area contributed by atoms with Crippen molar-refractivity contribution in [3.05, 3.63) is 0 Å². The van der Waals surface area contributed by atoms with Crippen LogP contribution in [-0.4, -0.2) is 77.7 Å². The minimum atomic E-state index is -1.37. The number of nitrogens with one attached hydrogen (secondary N) is 1. The first-order valence-corrected chi connectivity index (χ1v) is 7.62. The van der Waals surface area contributed by atoms with Crippen molar-refractivity contribution < 1.29 is 24.2 Å². The number of nitrogens with zero attached hydrogens (tertiary/aromatic N) is 2. The van der Waals surface area contributed by atoms with Gasteiger partial charge in [0, 0.05) is 40.2 Å². The highest BCUT2D eigenvalue weighted by atomic mass is 16.6. The summed E-state index contributed by atoms with van der Waals surface area (Å²) in [5.74, 6) is -1.11. The van der Waals surface area contributed by atoms with E-state index in [2.05, 4.69) is 5.32 Å². The van der Waals surface area contributed by atoms with Crippen LogP contribution >= 0.6 is 0 Å². The molecule has 0 aromatic carbocycles. The van der Waals surface area contributed by atoms with E-state index in [0.717, 1.165) is 0 Å². The molecule has 0 radical (unpaired) electrons. The standard InChI is InChI=1S/C15H27N3O5/c1-14(2,3)23-13(22)16-15(12(20)21)7-9-18(10-15)8-6-11(19)17(4)5/h6-10H2,1-5H3,(H,16,22)(H,20,21). The average Bonchev–Trinajstić information content (AvgIpc) is 2.78. The first-order chi connectivity index (χ1) is 10.4. The molecule has 8 nitrogen and oxygen atoms in total. The summed E-state index contributed by atoms with van der Waals surface area (Å²) in [6, 6.07) is 0. The third-order valence-corrected chi connectivity index (χ3v) is 3.64. The summed E-state index contributed by atoms with van der Waals surface area (Å²) in [6.45, 7) is 6.27. The second kappa shape index (κ2) is 7.16. The van der Waals surface area contributed by atoms with Crippen molar-refractivity contribution in [3.8, 4) is 0 Å². The maximum atomic E-state index is 11.9. The van der Waals surface area contributed by atoms with Crippen LogP contribution in [0, 0.1) is 0 Å². The zero-order chi connectivity index (χ0) is 17.8. The average molecular weight is 329 g/mol. The third kappa shape index (κ3) is 5.70. The lowest BCUT2D eigenvalue weighted by molar-refractivity contribution is -0.144. The molecule has 1 aliphatic heterocycles. The zero-order valence-electron chi connectivity index (χ0n) is 14.5. The second-order valence-electron chi connectivity index (χ2n) is 7.08. The van der Waals surface area contributed by atoms with Crippen molar-refractivity contribution in [2.24, 2.45) is 0 Å². The molecule has 1 aliphatic rings. The van der Waals surface area contributed by atoms with Crippen LogP contribution in [0.5, 0.6) is 0 Å². The molecule has 132 valence electrons. The van der Waals surface area contributed by atoms with E-state index in [-0.39, 0.29) is 18.9 Å². The van der Waals surface area contributed by atoms with Crippen molar-refractivity contribution in [3.63, 3.8) is 0 Å². The summed E-state index contributed by atoms with van der Waals surface area (Å²) in [6.07, 6.45) is -0.154. The molecule has 2 amide bonds. The minimum Gasteiger partial charge on any atom is -0.479 e. The molecule has 1 unspecified atom stereocenters. The van der Waals surface area contributed by atoms with Crippen molar-refractivity contribution >= 4 is 18.0 Å². The van der Waals surface area contributed by atoms with Crippen LogP contribution in [0.25, 0.3) is 0 Å². The molecule has 1 fully saturated rings. The molecular formula is C15H27N3O5. The van der Waals surface area contributed by atoms with Gasteiger partial charge >= 0.3 is 12.1 Å². The van der Waals surface area contributed by atoms with Gasteiger partial charge in [-0.1, -0.05) is 0 Å². The first kappa shape index (κ1) is 19.2. The SMILES string of the molecule is CN(C)C(=O)CCN1CCC(NC(=O)OC(C)(C)C)(C(=O)O)C1. The van der Waals surface area contributed by atoms with Gasteiger partial charge in [-0.05, 0) is 27.2 Å². The van der Waals surface area contributed by atoms with Gasteiger partial charge in [-0.15, -0.1) is 0 Å². The summed E-state index contributed by atoms with van der Waals surface area (Å²) < 4.78 is 5.15. The third-order valence-electron chi connectivity index (χ3n) is 3.64. The van der Waals surface area contributed by atoms with E-state index < -0.39 is 23.2 Å². The lowest BCUT2D eigenvalue weighted by Gasteiger charge is -2.28. The molecule has 0 aliphatic carbocycles. The number of carbonyl (C=O) groups excluding carboxylic acids is 2. The first-order valence-electron chi connectivity index (χ1n) is 7.62. The van der Waals surface area contributed by atoms with Crippen molar-refractivity contribution in [2.45, 2.75) is 44.8 Å². The Morgan fingerprint density at radius 3 is 2.39 bits per heavy atom. The summed E-state index contributed by atoms with van der Waals surface area (Å²) >= 11 is 0. The summed E-state index contributed by atoms with van der Waals surface area (Å²) in [4.78, 5) is 38.5. The molecule has 0 spiro atoms. The van der Waals surface area contributed by atoms with E-state index in [1.165, 1.54) is 4.90 Å². The number of carboxylic acid groups (broad SMARTS) is 1. The fourth-order valence-electron chi connectivity index (χ4n) is 2.39. The highest BCUT2D eigenvalue weighted by Gasteiger charge is 2.46. The Hall–Kier alpha value is -1.83. The largest absolute Gasteiger partial charge is 0.479 e. The van der Waals surface area contributed by atoms with Crippen molar-refractivity contribution in [2.75, 3.05) is 33.7 Å². The molecule has 1 rings (SSSR count). The normalized spacial score (nSPS) is 21.8. The van der Waals surface area contributed by atoms with Crippen LogP contribution in [0.2, 0.25) is 0 Å². The topological polar surface area (TPSA) is 99.2 Å². The lowest BCUT2D eigenvalue weighted by atomic mass is 9.99. The van der Waals surface area contributed by atoms with Gasteiger partial charge in [0.15, 0.2) is 5.54 Å². The molecule has 0 aromatic rings. The van der Waals surface area contributed by atoms with E-state index >= 15 is 0 Å². The van der Waals surface area contributed by atoms with E-state index in [0.29, 0.717) is 19.5 Å². The zero-order valence-corrected chi connectivity index (χ0v) is 14.5. The molecule has 8 heteroatoms. The quantitative estimate of drug-likeness (QED) is 0.763. The van der Waals surface area contributed by atoms with E-state index in [1.807, 2.05) is 4.90 Å². The van der Waals surface area contributed by atoms with Crippen LogP contribution in [-0.2, 0) is 14.3 Å². The molecule has 1 atom stereocenters. The van der Waals surface area contributed by atoms with Crippen LogP contribution in [0.1, 0.15) is 33.6 Å². The predicted octanol–water partition coefficient (Wildman–Crippen LogP) is 0.519. The number of amides is 2. The number of rotatable bonds is 5. The van der Waals surface area contributed by atoms with Gasteiger partial charge in [-0.3, -0.25) is 9.69 Å². The van der Waals surface area contributed by atoms with E-state index in [4.69, 9.17) is 4.74 Å². The molecule has 2 N–H and O–H groups in total. The molecule has 23 heavy (non-hydrogen) atoms. The Balaban J connectivity index is 2.65. The predicted molar refractivity (Wildman–Crippen MR) is 84.1 cm³/mol. The van der Waals surface area contributed by atoms with Crippen LogP contribution in [0.15, 0.2) is 0 Å². The lowest BCUT2D eigenvalue weighted by Crippen LogP contribution is -2.57. The van der Waals surface area contributed by atoms with Gasteiger partial charge in [0.25, 0.3) is 0 Å². The van der Waals surface area contributed by atoms with Gasteiger partial charge in [0.1, 0.15) is 5.60 Å². The van der Waals surface area contributed by atoms with E-state index in [9.17, 15) is 19.5 Å². The number of likely N-dealkylation sites (tertiary alicyclic amines) is 1. The van der Waals surface area contributed by atoms with Gasteiger partial charge in [-0.2, -0.15) is 0 Å². The smallest absolute Gasteiger partial charge is 0.408 e. The maximum Gasteiger partial charge on any atom is 0.408 e. The number of alkyl carbamates (subject to hydrolysis) is 1. The van der Waals surface area contributed by atoms with E-state index in [1.54, 1.807) is 34.9 Å². The summed E-state index contributed by atoms with van der Waals surface area (Å²) in [7, 11) is 3.36. The monoisotopic (exact) mass is 329 g/mol. The number of carbonyl (C=O) groups is 3. The Morgan fingerprint density at radius 2 is 1.91 bits per heavy atom. The number of hydrogen-bond donors (Lipinski definition) is 2. The van der Waals surface area contributed by atoms with Crippen LogP contribution in [0.4, 0.5) is 4.79 Å². The highest BCUT2D eigenvalue weighted by molar-refractivity contribution is 5.85. The molecule has 1 heterocycles. The van der Waals surface area contributed by atoms with Gasteiger partial charge < -0.3 is 20.1 Å². The molecule has 0 bridgehead atoms. The molecule has 1 saturated heterocycles. The second-order valence-corrected chi connectivity index (χ2v) is 7.08. The Kier molecular flexibility index (Phi) is 5.98. The maximum absolute atomic E-state index is 11.9. The van der Waals surface area contributed by atoms with Crippen LogP contribution < -0.4 is 5.32 Å². The molecule has 0 saturated carbocycles. The van der Waals surface area contributed by atoms with Gasteiger partial charge in [0.05, 0.1) is 0 Å². The molecule has 0 aromatic heterocycles. The van der Waals surface area contributed by atoms with Gasteiger partial charge in [-0.25, -0.2) is 9.59 Å². The molecular weight excluding hydrogens is 302 g/mol.